The molecule has 0 radical (unpaired) electrons. The van der Waals surface area contributed by atoms with Crippen LogP contribution in [0.1, 0.15) is 19.4 Å². The van der Waals surface area contributed by atoms with Gasteiger partial charge in [-0.25, -0.2) is 0 Å². The third-order valence-electron chi connectivity index (χ3n) is 2.17. The molecule has 1 rings (SSSR count). The van der Waals surface area contributed by atoms with Crippen molar-refractivity contribution >= 4 is 31.9 Å². The van der Waals surface area contributed by atoms with E-state index in [0.717, 1.165) is 5.56 Å². The first-order chi connectivity index (χ1) is 7.35. The summed E-state index contributed by atoms with van der Waals surface area (Å²) in [6.45, 7) is 4.53. The molecule has 2 N–H and O–H groups in total. The molecule has 0 aliphatic carbocycles. The number of aromatic hydroxyl groups is 1. The zero-order chi connectivity index (χ0) is 12.3. The molecule has 0 atom stereocenters. The lowest BCUT2D eigenvalue weighted by atomic mass is 10.1. The minimum atomic E-state index is -0.336. The minimum absolute atomic E-state index is 0.208. The molecule has 86 valence electrons. The summed E-state index contributed by atoms with van der Waals surface area (Å²) in [4.78, 5) is 0. The third-order valence-corrected chi connectivity index (χ3v) is 3.38. The van der Waals surface area contributed by atoms with E-state index in [1.165, 1.54) is 0 Å². The molecule has 0 heterocycles. The zero-order valence-electron chi connectivity index (χ0n) is 9.14. The second kappa shape index (κ2) is 5.22. The van der Waals surface area contributed by atoms with E-state index in [0.29, 0.717) is 15.5 Å². The standard InChI is InChI=1S/C12H13Br2NO/c1-4-12(2,3)15-7-8-5-9(13)11(16)10(14)6-8/h1,5-6,15-16H,7H2,2-3H3. The highest BCUT2D eigenvalue weighted by molar-refractivity contribution is 9.11. The van der Waals surface area contributed by atoms with Crippen LogP contribution in [-0.2, 0) is 6.54 Å². The van der Waals surface area contributed by atoms with Crippen LogP contribution in [0.2, 0.25) is 0 Å². The molecule has 16 heavy (non-hydrogen) atoms. The molecule has 0 saturated carbocycles. The van der Waals surface area contributed by atoms with Crippen LogP contribution in [0.25, 0.3) is 0 Å². The van der Waals surface area contributed by atoms with Gasteiger partial charge in [0.2, 0.25) is 0 Å². The largest absolute Gasteiger partial charge is 0.506 e. The molecule has 1 aromatic carbocycles. The fraction of sp³-hybridized carbons (Fsp3) is 0.333. The minimum Gasteiger partial charge on any atom is -0.506 e. The normalized spacial score (nSPS) is 11.2. The number of rotatable bonds is 3. The van der Waals surface area contributed by atoms with Gasteiger partial charge in [-0.1, -0.05) is 5.92 Å². The molecule has 0 aliphatic rings. The van der Waals surface area contributed by atoms with Crippen LogP contribution in [-0.4, -0.2) is 10.6 Å². The van der Waals surface area contributed by atoms with Crippen LogP contribution in [0.5, 0.6) is 5.75 Å². The van der Waals surface area contributed by atoms with Crippen molar-refractivity contribution in [1.82, 2.24) is 5.32 Å². The number of benzene rings is 1. The van der Waals surface area contributed by atoms with Crippen LogP contribution < -0.4 is 5.32 Å². The maximum absolute atomic E-state index is 9.56. The molecule has 0 spiro atoms. The summed E-state index contributed by atoms with van der Waals surface area (Å²) in [6.07, 6.45) is 5.38. The van der Waals surface area contributed by atoms with Crippen molar-refractivity contribution in [2.45, 2.75) is 25.9 Å². The lowest BCUT2D eigenvalue weighted by Crippen LogP contribution is -2.36. The molecule has 0 aromatic heterocycles. The summed E-state index contributed by atoms with van der Waals surface area (Å²) >= 11 is 6.57. The first-order valence-corrected chi connectivity index (χ1v) is 6.34. The summed E-state index contributed by atoms with van der Waals surface area (Å²) in [5.41, 5.74) is 0.705. The summed E-state index contributed by atoms with van der Waals surface area (Å²) in [6, 6.07) is 3.72. The Morgan fingerprint density at radius 2 is 1.88 bits per heavy atom. The second-order valence-electron chi connectivity index (χ2n) is 4.03. The van der Waals surface area contributed by atoms with Crippen molar-refractivity contribution in [3.05, 3.63) is 26.6 Å². The Balaban J connectivity index is 2.81. The Kier molecular flexibility index (Phi) is 4.43. The van der Waals surface area contributed by atoms with E-state index in [1.54, 1.807) is 0 Å². The van der Waals surface area contributed by atoms with Gasteiger partial charge in [-0.05, 0) is 63.4 Å². The maximum atomic E-state index is 9.56. The Labute approximate surface area is 113 Å². The van der Waals surface area contributed by atoms with Gasteiger partial charge in [0, 0.05) is 6.54 Å². The summed E-state index contributed by atoms with van der Waals surface area (Å²) in [7, 11) is 0. The molecule has 0 aliphatic heterocycles. The number of phenols is 1. The van der Waals surface area contributed by atoms with Crippen molar-refractivity contribution in [2.75, 3.05) is 0 Å². The molecule has 2 nitrogen and oxygen atoms in total. The van der Waals surface area contributed by atoms with Gasteiger partial charge in [-0.15, -0.1) is 6.42 Å². The van der Waals surface area contributed by atoms with Gasteiger partial charge in [0.15, 0.2) is 0 Å². The highest BCUT2D eigenvalue weighted by atomic mass is 79.9. The molecular weight excluding hydrogens is 334 g/mol. The highest BCUT2D eigenvalue weighted by Gasteiger charge is 2.13. The summed E-state index contributed by atoms with van der Waals surface area (Å²) in [5, 5.41) is 12.8. The SMILES string of the molecule is C#CC(C)(C)NCc1cc(Br)c(O)c(Br)c1. The highest BCUT2D eigenvalue weighted by Crippen LogP contribution is 2.33. The molecule has 0 bridgehead atoms. The predicted octanol–water partition coefficient (Wildman–Crippen LogP) is 3.42. The average molecular weight is 347 g/mol. The molecule has 0 amide bonds. The topological polar surface area (TPSA) is 32.3 Å². The predicted molar refractivity (Wildman–Crippen MR) is 73.3 cm³/mol. The third kappa shape index (κ3) is 3.51. The molecule has 1 aromatic rings. The van der Waals surface area contributed by atoms with Gasteiger partial charge in [-0.2, -0.15) is 0 Å². The van der Waals surface area contributed by atoms with Gasteiger partial charge in [-0.3, -0.25) is 5.32 Å². The Bertz CT molecular complexity index is 412. The Hall–Kier alpha value is -0.500. The van der Waals surface area contributed by atoms with E-state index in [2.05, 4.69) is 43.1 Å². The molecule has 0 saturated heterocycles. The first-order valence-electron chi connectivity index (χ1n) is 4.75. The lowest BCUT2D eigenvalue weighted by molar-refractivity contribution is 0.466. The Morgan fingerprint density at radius 1 is 1.38 bits per heavy atom. The van der Waals surface area contributed by atoms with Crippen molar-refractivity contribution in [3.63, 3.8) is 0 Å². The van der Waals surface area contributed by atoms with Crippen LogP contribution in [0.15, 0.2) is 21.1 Å². The van der Waals surface area contributed by atoms with Crippen LogP contribution in [0, 0.1) is 12.3 Å². The average Bonchev–Trinajstić information content (AvgIpc) is 2.23. The van der Waals surface area contributed by atoms with Gasteiger partial charge in [0.05, 0.1) is 14.5 Å². The van der Waals surface area contributed by atoms with E-state index < -0.39 is 0 Å². The van der Waals surface area contributed by atoms with Crippen LogP contribution in [0.3, 0.4) is 0 Å². The van der Waals surface area contributed by atoms with Crippen LogP contribution >= 0.6 is 31.9 Å². The van der Waals surface area contributed by atoms with Gasteiger partial charge in [0.1, 0.15) is 5.75 Å². The molecule has 0 unspecified atom stereocenters. The number of terminal acetylenes is 1. The van der Waals surface area contributed by atoms with Crippen molar-refractivity contribution in [2.24, 2.45) is 0 Å². The maximum Gasteiger partial charge on any atom is 0.143 e. The van der Waals surface area contributed by atoms with Gasteiger partial charge >= 0.3 is 0 Å². The monoisotopic (exact) mass is 345 g/mol. The van der Waals surface area contributed by atoms with Gasteiger partial charge in [0.25, 0.3) is 0 Å². The van der Waals surface area contributed by atoms with E-state index in [-0.39, 0.29) is 11.3 Å². The summed E-state index contributed by atoms with van der Waals surface area (Å²) in [5.74, 6) is 2.88. The quantitative estimate of drug-likeness (QED) is 0.822. The zero-order valence-corrected chi connectivity index (χ0v) is 12.3. The second-order valence-corrected chi connectivity index (χ2v) is 5.74. The number of hydrogen-bond acceptors (Lipinski definition) is 2. The number of nitrogens with one attached hydrogen (secondary N) is 1. The smallest absolute Gasteiger partial charge is 0.143 e. The van der Waals surface area contributed by atoms with Crippen molar-refractivity contribution in [1.29, 1.82) is 0 Å². The fourth-order valence-electron chi connectivity index (χ4n) is 1.09. The lowest BCUT2D eigenvalue weighted by Gasteiger charge is -2.19. The van der Waals surface area contributed by atoms with E-state index in [1.807, 2.05) is 26.0 Å². The number of halogens is 2. The molecule has 0 fully saturated rings. The molecule has 4 heteroatoms. The van der Waals surface area contributed by atoms with E-state index in [4.69, 9.17) is 6.42 Å². The fourth-order valence-corrected chi connectivity index (χ4v) is 2.38. The van der Waals surface area contributed by atoms with E-state index in [9.17, 15) is 5.11 Å². The number of hydrogen-bond donors (Lipinski definition) is 2. The van der Waals surface area contributed by atoms with Gasteiger partial charge < -0.3 is 5.11 Å². The Morgan fingerprint density at radius 3 is 2.31 bits per heavy atom. The molecular formula is C12H13Br2NO. The van der Waals surface area contributed by atoms with Crippen molar-refractivity contribution < 1.29 is 5.11 Å². The van der Waals surface area contributed by atoms with E-state index >= 15 is 0 Å². The first kappa shape index (κ1) is 13.6. The van der Waals surface area contributed by atoms with Crippen LogP contribution in [0.4, 0.5) is 0 Å². The summed E-state index contributed by atoms with van der Waals surface area (Å²) < 4.78 is 1.33. The number of phenolic OH excluding ortho intramolecular Hbond substituents is 1. The van der Waals surface area contributed by atoms with Crippen molar-refractivity contribution in [3.8, 4) is 18.1 Å².